The second-order valence-electron chi connectivity index (χ2n) is 4.10. The summed E-state index contributed by atoms with van der Waals surface area (Å²) in [6, 6.07) is 1.69. The van der Waals surface area contributed by atoms with E-state index in [2.05, 4.69) is 9.97 Å². The Morgan fingerprint density at radius 3 is 3.24 bits per heavy atom. The molecule has 17 heavy (non-hydrogen) atoms. The van der Waals surface area contributed by atoms with E-state index in [1.165, 1.54) is 0 Å². The van der Waals surface area contributed by atoms with Gasteiger partial charge in [0.25, 0.3) is 0 Å². The lowest BCUT2D eigenvalue weighted by Gasteiger charge is -2.16. The average molecular weight is 237 g/mol. The van der Waals surface area contributed by atoms with Gasteiger partial charge < -0.3 is 14.7 Å². The quantitative estimate of drug-likeness (QED) is 0.834. The summed E-state index contributed by atoms with van der Waals surface area (Å²) in [4.78, 5) is 21.0. The molecule has 0 amide bonds. The monoisotopic (exact) mass is 237 g/mol. The number of carbonyl (C=O) groups is 1. The Labute approximate surface area is 99.2 Å². The van der Waals surface area contributed by atoms with Gasteiger partial charge in [-0.3, -0.25) is 4.79 Å². The minimum atomic E-state index is -0.747. The number of methoxy groups -OCH3 is 1. The molecule has 0 radical (unpaired) electrons. The average Bonchev–Trinajstić information content (AvgIpc) is 2.77. The van der Waals surface area contributed by atoms with Gasteiger partial charge in [-0.15, -0.1) is 0 Å². The molecule has 1 aromatic heterocycles. The lowest BCUT2D eigenvalue weighted by atomic mass is 10.1. The summed E-state index contributed by atoms with van der Waals surface area (Å²) in [5.74, 6) is 0.569. The van der Waals surface area contributed by atoms with E-state index in [0.717, 1.165) is 13.0 Å². The van der Waals surface area contributed by atoms with Gasteiger partial charge in [0.2, 0.25) is 11.8 Å². The summed E-state index contributed by atoms with van der Waals surface area (Å²) in [7, 11) is 1.56. The first kappa shape index (κ1) is 11.6. The van der Waals surface area contributed by atoms with Crippen LogP contribution in [0.25, 0.3) is 0 Å². The van der Waals surface area contributed by atoms with Crippen molar-refractivity contribution in [2.24, 2.45) is 5.92 Å². The van der Waals surface area contributed by atoms with Gasteiger partial charge in [0.1, 0.15) is 0 Å². The summed E-state index contributed by atoms with van der Waals surface area (Å²) in [5, 5.41) is 8.74. The van der Waals surface area contributed by atoms with Crippen LogP contribution in [-0.4, -0.2) is 41.2 Å². The van der Waals surface area contributed by atoms with E-state index in [0.29, 0.717) is 18.4 Å². The highest BCUT2D eigenvalue weighted by atomic mass is 16.5. The fraction of sp³-hybridized carbons (Fsp3) is 0.545. The molecule has 1 unspecified atom stereocenters. The van der Waals surface area contributed by atoms with Crippen molar-refractivity contribution in [2.75, 3.05) is 25.1 Å². The third-order valence-corrected chi connectivity index (χ3v) is 2.86. The minimum absolute atomic E-state index is 0.183. The molecule has 2 rings (SSSR count). The van der Waals surface area contributed by atoms with Gasteiger partial charge in [0.05, 0.1) is 7.11 Å². The Bertz CT molecular complexity index is 411. The predicted molar refractivity (Wildman–Crippen MR) is 61.2 cm³/mol. The van der Waals surface area contributed by atoms with Gasteiger partial charge in [0.15, 0.2) is 0 Å². The van der Waals surface area contributed by atoms with Gasteiger partial charge in [-0.2, -0.15) is 4.98 Å². The topological polar surface area (TPSA) is 75.5 Å². The molecule has 0 saturated carbocycles. The highest BCUT2D eigenvalue weighted by molar-refractivity contribution is 5.67. The molecular weight excluding hydrogens is 222 g/mol. The summed E-state index contributed by atoms with van der Waals surface area (Å²) in [6.45, 7) is 1.49. The Kier molecular flexibility index (Phi) is 3.41. The molecule has 1 atom stereocenters. The van der Waals surface area contributed by atoms with Crippen LogP contribution in [0.15, 0.2) is 12.3 Å². The van der Waals surface area contributed by atoms with Crippen LogP contribution in [-0.2, 0) is 4.79 Å². The van der Waals surface area contributed by atoms with Gasteiger partial charge in [-0.25, -0.2) is 4.98 Å². The van der Waals surface area contributed by atoms with Crippen molar-refractivity contribution < 1.29 is 14.6 Å². The molecule has 1 aliphatic rings. The number of nitrogens with zero attached hydrogens (tertiary/aromatic N) is 3. The second-order valence-corrected chi connectivity index (χ2v) is 4.10. The molecule has 0 spiro atoms. The lowest BCUT2D eigenvalue weighted by molar-refractivity contribution is -0.137. The number of anilines is 1. The number of hydrogen-bond acceptors (Lipinski definition) is 5. The van der Waals surface area contributed by atoms with E-state index in [9.17, 15) is 4.79 Å². The maximum Gasteiger partial charge on any atom is 0.303 e. The van der Waals surface area contributed by atoms with E-state index in [-0.39, 0.29) is 12.3 Å². The normalized spacial score (nSPS) is 19.4. The first-order valence-corrected chi connectivity index (χ1v) is 5.53. The molecule has 0 bridgehead atoms. The number of carboxylic acid groups (broad SMARTS) is 1. The van der Waals surface area contributed by atoms with Crippen molar-refractivity contribution in [3.8, 4) is 5.88 Å². The fourth-order valence-corrected chi connectivity index (χ4v) is 2.03. The number of carboxylic acids is 1. The van der Waals surface area contributed by atoms with Crippen LogP contribution in [0, 0.1) is 5.92 Å². The lowest BCUT2D eigenvalue weighted by Crippen LogP contribution is -2.22. The number of ether oxygens (including phenoxy) is 1. The Morgan fingerprint density at radius 2 is 2.53 bits per heavy atom. The van der Waals surface area contributed by atoms with Crippen LogP contribution in [0.4, 0.5) is 5.95 Å². The summed E-state index contributed by atoms with van der Waals surface area (Å²) < 4.78 is 5.03. The number of hydrogen-bond donors (Lipinski definition) is 1. The largest absolute Gasteiger partial charge is 0.481 e. The van der Waals surface area contributed by atoms with Crippen LogP contribution in [0.5, 0.6) is 5.88 Å². The first-order chi connectivity index (χ1) is 8.19. The Hall–Kier alpha value is -1.85. The molecule has 1 aromatic rings. The van der Waals surface area contributed by atoms with Crippen molar-refractivity contribution in [3.63, 3.8) is 0 Å². The second kappa shape index (κ2) is 4.99. The van der Waals surface area contributed by atoms with Crippen LogP contribution >= 0.6 is 0 Å². The highest BCUT2D eigenvalue weighted by Gasteiger charge is 2.26. The molecule has 1 aliphatic heterocycles. The molecule has 1 saturated heterocycles. The van der Waals surface area contributed by atoms with Crippen LogP contribution in [0.1, 0.15) is 12.8 Å². The Morgan fingerprint density at radius 1 is 1.71 bits per heavy atom. The molecule has 0 aromatic carbocycles. The maximum atomic E-state index is 10.6. The number of aromatic nitrogens is 2. The van der Waals surface area contributed by atoms with E-state index in [1.54, 1.807) is 19.4 Å². The molecule has 92 valence electrons. The van der Waals surface area contributed by atoms with Crippen molar-refractivity contribution in [3.05, 3.63) is 12.3 Å². The van der Waals surface area contributed by atoms with E-state index in [4.69, 9.17) is 9.84 Å². The van der Waals surface area contributed by atoms with Crippen molar-refractivity contribution >= 4 is 11.9 Å². The molecular formula is C11H15N3O3. The van der Waals surface area contributed by atoms with Crippen molar-refractivity contribution in [2.45, 2.75) is 12.8 Å². The number of rotatable bonds is 4. The van der Waals surface area contributed by atoms with Gasteiger partial charge in [0, 0.05) is 31.8 Å². The fourth-order valence-electron chi connectivity index (χ4n) is 2.03. The SMILES string of the molecule is COc1ccnc(N2CCC(CC(=O)O)C2)n1. The molecule has 1 N–H and O–H groups in total. The molecule has 0 aliphatic carbocycles. The van der Waals surface area contributed by atoms with Gasteiger partial charge in [-0.05, 0) is 12.3 Å². The molecule has 1 fully saturated rings. The maximum absolute atomic E-state index is 10.6. The first-order valence-electron chi connectivity index (χ1n) is 5.53. The zero-order valence-corrected chi connectivity index (χ0v) is 9.67. The van der Waals surface area contributed by atoms with E-state index >= 15 is 0 Å². The standard InChI is InChI=1S/C11H15N3O3/c1-17-9-2-4-12-11(13-9)14-5-3-8(7-14)6-10(15)16/h2,4,8H,3,5-7H2,1H3,(H,15,16). The zero-order valence-electron chi connectivity index (χ0n) is 9.67. The van der Waals surface area contributed by atoms with E-state index in [1.807, 2.05) is 4.90 Å². The van der Waals surface area contributed by atoms with Crippen LogP contribution < -0.4 is 9.64 Å². The van der Waals surface area contributed by atoms with Gasteiger partial charge in [-0.1, -0.05) is 0 Å². The predicted octanol–water partition coefficient (Wildman–Crippen LogP) is 0.786. The smallest absolute Gasteiger partial charge is 0.303 e. The molecule has 6 heteroatoms. The summed E-state index contributed by atoms with van der Waals surface area (Å²) in [5.41, 5.74) is 0. The van der Waals surface area contributed by atoms with Gasteiger partial charge >= 0.3 is 5.97 Å². The minimum Gasteiger partial charge on any atom is -0.481 e. The molecule has 2 heterocycles. The van der Waals surface area contributed by atoms with Crippen molar-refractivity contribution in [1.29, 1.82) is 0 Å². The third kappa shape index (κ3) is 2.83. The summed E-state index contributed by atoms with van der Waals surface area (Å²) in [6.07, 6.45) is 2.72. The van der Waals surface area contributed by atoms with Crippen LogP contribution in [0.3, 0.4) is 0 Å². The Balaban J connectivity index is 2.01. The number of aliphatic carboxylic acids is 1. The van der Waals surface area contributed by atoms with E-state index < -0.39 is 5.97 Å². The third-order valence-electron chi connectivity index (χ3n) is 2.86. The molecule has 6 nitrogen and oxygen atoms in total. The highest BCUT2D eigenvalue weighted by Crippen LogP contribution is 2.23. The zero-order chi connectivity index (χ0) is 12.3. The van der Waals surface area contributed by atoms with Crippen molar-refractivity contribution in [1.82, 2.24) is 9.97 Å². The van der Waals surface area contributed by atoms with Crippen LogP contribution in [0.2, 0.25) is 0 Å². The summed E-state index contributed by atoms with van der Waals surface area (Å²) >= 11 is 0.